The fourth-order valence-electron chi connectivity index (χ4n) is 3.17. The van der Waals surface area contributed by atoms with E-state index < -0.39 is 22.1 Å². The van der Waals surface area contributed by atoms with Gasteiger partial charge in [-0.3, -0.25) is 9.52 Å². The number of esters is 1. The maximum absolute atomic E-state index is 12.6. The summed E-state index contributed by atoms with van der Waals surface area (Å²) in [5, 5.41) is 0. The largest absolute Gasteiger partial charge is 0.451 e. The van der Waals surface area contributed by atoms with E-state index in [0.717, 1.165) is 25.5 Å². The molecule has 0 radical (unpaired) electrons. The van der Waals surface area contributed by atoms with Gasteiger partial charge in [0.05, 0.1) is 11.8 Å². The van der Waals surface area contributed by atoms with Crippen LogP contribution in [0.2, 0.25) is 0 Å². The number of benzene rings is 2. The van der Waals surface area contributed by atoms with Crippen LogP contribution in [0.4, 0.5) is 5.69 Å². The Kier molecular flexibility index (Phi) is 5.32. The van der Waals surface area contributed by atoms with Gasteiger partial charge in [-0.05, 0) is 61.6 Å². The molecule has 1 atom stereocenters. The molecule has 2 aromatic rings. The Balaban J connectivity index is 1.70. The second kappa shape index (κ2) is 7.52. The van der Waals surface area contributed by atoms with Crippen molar-refractivity contribution in [2.45, 2.75) is 32.3 Å². The molecule has 1 aliphatic rings. The van der Waals surface area contributed by atoms with E-state index in [1.165, 1.54) is 42.3 Å². The number of ketones is 1. The number of carbonyl (C=O) groups excluding carboxylic acids is 2. The van der Waals surface area contributed by atoms with Crippen molar-refractivity contribution < 1.29 is 22.7 Å². The second-order valence-corrected chi connectivity index (χ2v) is 8.45. The summed E-state index contributed by atoms with van der Waals surface area (Å²) >= 11 is 0. The first-order valence-electron chi connectivity index (χ1n) is 8.68. The van der Waals surface area contributed by atoms with E-state index >= 15 is 0 Å². The zero-order chi connectivity index (χ0) is 19.6. The van der Waals surface area contributed by atoms with Crippen LogP contribution < -0.4 is 4.72 Å². The van der Waals surface area contributed by atoms with Crippen LogP contribution in [0, 0.1) is 0 Å². The monoisotopic (exact) mass is 387 g/mol. The first-order chi connectivity index (χ1) is 12.7. The van der Waals surface area contributed by atoms with Crippen LogP contribution in [0.25, 0.3) is 0 Å². The van der Waals surface area contributed by atoms with Gasteiger partial charge in [0.15, 0.2) is 6.10 Å². The maximum Gasteiger partial charge on any atom is 0.338 e. The Hall–Kier alpha value is -2.67. The molecule has 2 aromatic carbocycles. The molecule has 3 rings (SSSR count). The number of fused-ring (bicyclic) bond motifs is 1. The summed E-state index contributed by atoms with van der Waals surface area (Å²) in [5.74, 6) is -0.947. The highest BCUT2D eigenvalue weighted by molar-refractivity contribution is 7.92. The molecule has 1 unspecified atom stereocenters. The minimum Gasteiger partial charge on any atom is -0.451 e. The van der Waals surface area contributed by atoms with E-state index in [0.29, 0.717) is 5.56 Å². The van der Waals surface area contributed by atoms with Gasteiger partial charge in [0.25, 0.3) is 0 Å². The molecule has 1 aliphatic carbocycles. The Morgan fingerprint density at radius 3 is 2.52 bits per heavy atom. The van der Waals surface area contributed by atoms with Gasteiger partial charge < -0.3 is 4.74 Å². The number of hydrogen-bond donors (Lipinski definition) is 1. The third-order valence-electron chi connectivity index (χ3n) is 4.44. The number of aryl methyl sites for hydroxylation is 2. The van der Waals surface area contributed by atoms with Gasteiger partial charge in [-0.15, -0.1) is 0 Å². The molecule has 0 fully saturated rings. The van der Waals surface area contributed by atoms with E-state index in [1.54, 1.807) is 6.07 Å². The van der Waals surface area contributed by atoms with Gasteiger partial charge in [-0.1, -0.05) is 18.2 Å². The number of Topliss-reactive ketones (excluding diaryl/α,β-unsaturated/α-hetero) is 1. The van der Waals surface area contributed by atoms with Gasteiger partial charge in [-0.2, -0.15) is 0 Å². The molecule has 27 heavy (non-hydrogen) atoms. The van der Waals surface area contributed by atoms with Crippen molar-refractivity contribution in [2.75, 3.05) is 11.0 Å². The number of carbonyl (C=O) groups is 2. The minimum atomic E-state index is -3.45. The van der Waals surface area contributed by atoms with Crippen LogP contribution in [0.1, 0.15) is 45.2 Å². The predicted molar refractivity (Wildman–Crippen MR) is 103 cm³/mol. The molecule has 0 bridgehead atoms. The van der Waals surface area contributed by atoms with E-state index in [2.05, 4.69) is 4.72 Å². The normalized spacial score (nSPS) is 14.3. The van der Waals surface area contributed by atoms with Crippen LogP contribution in [-0.4, -0.2) is 32.5 Å². The standard InChI is InChI=1S/C20H21NO5S/c1-13(19(22)16-10-9-14-5-3-6-15(14)11-16)26-20(23)17-7-4-8-18(12-17)21-27(2,24)25/h4,7-13,21H,3,5-6H2,1-2H3. The number of rotatable bonds is 6. The lowest BCUT2D eigenvalue weighted by Gasteiger charge is -2.14. The number of hydrogen-bond acceptors (Lipinski definition) is 5. The molecule has 6 nitrogen and oxygen atoms in total. The topological polar surface area (TPSA) is 89.5 Å². The molecule has 0 aromatic heterocycles. The van der Waals surface area contributed by atoms with Gasteiger partial charge in [-0.25, -0.2) is 13.2 Å². The Morgan fingerprint density at radius 1 is 1.04 bits per heavy atom. The van der Waals surface area contributed by atoms with Gasteiger partial charge in [0.1, 0.15) is 0 Å². The summed E-state index contributed by atoms with van der Waals surface area (Å²) in [4.78, 5) is 24.9. The minimum absolute atomic E-state index is 0.164. The molecule has 0 saturated carbocycles. The molecular formula is C20H21NO5S. The number of ether oxygens (including phenoxy) is 1. The number of nitrogens with one attached hydrogen (secondary N) is 1. The Morgan fingerprint density at radius 2 is 1.78 bits per heavy atom. The lowest BCUT2D eigenvalue weighted by Crippen LogP contribution is -2.24. The SMILES string of the molecule is CC(OC(=O)c1cccc(NS(C)(=O)=O)c1)C(=O)c1ccc2c(c1)CCC2. The molecule has 0 amide bonds. The molecule has 0 heterocycles. The summed E-state index contributed by atoms with van der Waals surface area (Å²) in [6.07, 6.45) is 3.17. The first kappa shape index (κ1) is 19.1. The molecule has 0 spiro atoms. The third-order valence-corrected chi connectivity index (χ3v) is 5.04. The van der Waals surface area contributed by atoms with Crippen LogP contribution >= 0.6 is 0 Å². The van der Waals surface area contributed by atoms with Gasteiger partial charge in [0.2, 0.25) is 15.8 Å². The van der Waals surface area contributed by atoms with Gasteiger partial charge >= 0.3 is 5.97 Å². The lowest BCUT2D eigenvalue weighted by molar-refractivity contribution is 0.0319. The summed E-state index contributed by atoms with van der Waals surface area (Å²) < 4.78 is 30.2. The van der Waals surface area contributed by atoms with Crippen molar-refractivity contribution in [3.8, 4) is 0 Å². The highest BCUT2D eigenvalue weighted by Crippen LogP contribution is 2.24. The van der Waals surface area contributed by atoms with Crippen molar-refractivity contribution >= 4 is 27.5 Å². The van der Waals surface area contributed by atoms with E-state index in [9.17, 15) is 18.0 Å². The Labute approximate surface area is 158 Å². The zero-order valence-electron chi connectivity index (χ0n) is 15.2. The van der Waals surface area contributed by atoms with E-state index in [-0.39, 0.29) is 17.0 Å². The van der Waals surface area contributed by atoms with Crippen LogP contribution in [0.15, 0.2) is 42.5 Å². The van der Waals surface area contributed by atoms with Crippen molar-refractivity contribution in [1.82, 2.24) is 0 Å². The molecule has 7 heteroatoms. The predicted octanol–water partition coefficient (Wildman–Crippen LogP) is 2.98. The van der Waals surface area contributed by atoms with Gasteiger partial charge in [0, 0.05) is 11.3 Å². The lowest BCUT2D eigenvalue weighted by atomic mass is 10.0. The molecule has 0 aliphatic heterocycles. The number of anilines is 1. The molecule has 0 saturated heterocycles. The van der Waals surface area contributed by atoms with Crippen molar-refractivity contribution in [3.63, 3.8) is 0 Å². The number of sulfonamides is 1. The quantitative estimate of drug-likeness (QED) is 0.608. The average Bonchev–Trinajstić information content (AvgIpc) is 3.07. The summed E-state index contributed by atoms with van der Waals surface area (Å²) in [6, 6.07) is 11.6. The van der Waals surface area contributed by atoms with Crippen molar-refractivity contribution in [3.05, 3.63) is 64.7 Å². The highest BCUT2D eigenvalue weighted by atomic mass is 32.2. The zero-order valence-corrected chi connectivity index (χ0v) is 16.0. The highest BCUT2D eigenvalue weighted by Gasteiger charge is 2.22. The summed E-state index contributed by atoms with van der Waals surface area (Å²) in [6.45, 7) is 1.53. The first-order valence-corrected chi connectivity index (χ1v) is 10.6. The van der Waals surface area contributed by atoms with Crippen LogP contribution in [-0.2, 0) is 27.6 Å². The van der Waals surface area contributed by atoms with Crippen molar-refractivity contribution in [1.29, 1.82) is 0 Å². The van der Waals surface area contributed by atoms with E-state index in [4.69, 9.17) is 4.74 Å². The Bertz CT molecular complexity index is 997. The smallest absolute Gasteiger partial charge is 0.338 e. The van der Waals surface area contributed by atoms with E-state index in [1.807, 2.05) is 12.1 Å². The fourth-order valence-corrected chi connectivity index (χ4v) is 3.72. The van der Waals surface area contributed by atoms with Crippen molar-refractivity contribution in [2.24, 2.45) is 0 Å². The molecular weight excluding hydrogens is 366 g/mol. The van der Waals surface area contributed by atoms with Crippen LogP contribution in [0.3, 0.4) is 0 Å². The van der Waals surface area contributed by atoms with Crippen LogP contribution in [0.5, 0.6) is 0 Å². The summed E-state index contributed by atoms with van der Waals surface area (Å²) in [7, 11) is -3.45. The molecule has 1 N–H and O–H groups in total. The molecule has 142 valence electrons. The maximum atomic E-state index is 12.6. The summed E-state index contributed by atoms with van der Waals surface area (Å²) in [5.41, 5.74) is 3.40. The second-order valence-electron chi connectivity index (χ2n) is 6.70. The average molecular weight is 387 g/mol. The fraction of sp³-hybridized carbons (Fsp3) is 0.300. The third kappa shape index (κ3) is 4.74.